The largest absolute Gasteiger partial charge is 0.380 e. The van der Waals surface area contributed by atoms with E-state index in [0.29, 0.717) is 18.3 Å². The van der Waals surface area contributed by atoms with Crippen LogP contribution in [0.2, 0.25) is 0 Å². The quantitative estimate of drug-likeness (QED) is 0.657. The van der Waals surface area contributed by atoms with Crippen molar-refractivity contribution in [3.63, 3.8) is 0 Å². The molecule has 1 saturated heterocycles. The van der Waals surface area contributed by atoms with Gasteiger partial charge in [-0.05, 0) is 44.7 Å². The molecular formula is C15H23N3O2. The van der Waals surface area contributed by atoms with Gasteiger partial charge in [-0.2, -0.15) is 0 Å². The number of piperidine rings is 1. The van der Waals surface area contributed by atoms with E-state index in [0.717, 1.165) is 31.5 Å². The summed E-state index contributed by atoms with van der Waals surface area (Å²) in [6, 6.07) is 5.99. The molecule has 20 heavy (non-hydrogen) atoms. The molecule has 1 fully saturated rings. The van der Waals surface area contributed by atoms with Gasteiger partial charge in [0.1, 0.15) is 11.4 Å². The number of benzene rings is 1. The second kappa shape index (κ2) is 6.59. The van der Waals surface area contributed by atoms with Gasteiger partial charge >= 0.3 is 5.69 Å². The highest BCUT2D eigenvalue weighted by atomic mass is 16.6. The molecular weight excluding hydrogens is 254 g/mol. The highest BCUT2D eigenvalue weighted by Crippen LogP contribution is 2.38. The van der Waals surface area contributed by atoms with Crippen molar-refractivity contribution in [2.24, 2.45) is 0 Å². The SMILES string of the molecule is CCNc1cccc(N2CCCCC2CC)c1[N+](=O)[O-]. The van der Waals surface area contributed by atoms with Crippen molar-refractivity contribution in [3.05, 3.63) is 28.3 Å². The third kappa shape index (κ3) is 2.86. The molecule has 0 spiro atoms. The summed E-state index contributed by atoms with van der Waals surface area (Å²) in [6.45, 7) is 5.70. The van der Waals surface area contributed by atoms with E-state index in [4.69, 9.17) is 0 Å². The molecule has 5 nitrogen and oxygen atoms in total. The number of nitrogens with zero attached hydrogens (tertiary/aromatic N) is 2. The lowest BCUT2D eigenvalue weighted by molar-refractivity contribution is -0.383. The van der Waals surface area contributed by atoms with Crippen molar-refractivity contribution in [2.75, 3.05) is 23.3 Å². The van der Waals surface area contributed by atoms with Gasteiger partial charge in [-0.25, -0.2) is 0 Å². The van der Waals surface area contributed by atoms with Gasteiger partial charge < -0.3 is 10.2 Å². The summed E-state index contributed by atoms with van der Waals surface area (Å²) < 4.78 is 0. The Labute approximate surface area is 120 Å². The van der Waals surface area contributed by atoms with Crippen LogP contribution in [0.25, 0.3) is 0 Å². The lowest BCUT2D eigenvalue weighted by atomic mass is 9.98. The standard InChI is InChI=1S/C15H23N3O2/c1-3-12-8-5-6-11-17(12)14-10-7-9-13(16-4-2)15(14)18(19)20/h7,9-10,12,16H,3-6,8,11H2,1-2H3. The van der Waals surface area contributed by atoms with Crippen LogP contribution in [0, 0.1) is 10.1 Å². The second-order valence-corrected chi connectivity index (χ2v) is 5.21. The van der Waals surface area contributed by atoms with Crippen LogP contribution < -0.4 is 10.2 Å². The molecule has 1 aromatic rings. The maximum absolute atomic E-state index is 11.5. The van der Waals surface area contributed by atoms with E-state index in [2.05, 4.69) is 17.1 Å². The smallest absolute Gasteiger partial charge is 0.315 e. The fourth-order valence-corrected chi connectivity index (χ4v) is 3.03. The summed E-state index contributed by atoms with van der Waals surface area (Å²) in [5, 5.41) is 14.6. The Kier molecular flexibility index (Phi) is 4.82. The van der Waals surface area contributed by atoms with E-state index in [9.17, 15) is 10.1 Å². The second-order valence-electron chi connectivity index (χ2n) is 5.21. The minimum atomic E-state index is -0.255. The van der Waals surface area contributed by atoms with E-state index in [1.807, 2.05) is 19.1 Å². The Morgan fingerprint density at radius 1 is 1.40 bits per heavy atom. The number of anilines is 2. The summed E-state index contributed by atoms with van der Waals surface area (Å²) in [4.78, 5) is 13.5. The van der Waals surface area contributed by atoms with Crippen LogP contribution in [0.4, 0.5) is 17.1 Å². The first kappa shape index (κ1) is 14.6. The summed E-state index contributed by atoms with van der Waals surface area (Å²) in [6.07, 6.45) is 4.48. The Bertz CT molecular complexity index is 476. The van der Waals surface area contributed by atoms with Crippen LogP contribution in [0.5, 0.6) is 0 Å². The molecule has 1 N–H and O–H groups in total. The predicted octanol–water partition coefficient (Wildman–Crippen LogP) is 3.80. The first-order chi connectivity index (χ1) is 9.69. The van der Waals surface area contributed by atoms with E-state index in [1.54, 1.807) is 6.07 Å². The van der Waals surface area contributed by atoms with Crippen LogP contribution in [0.1, 0.15) is 39.5 Å². The number of nitrogens with one attached hydrogen (secondary N) is 1. The van der Waals surface area contributed by atoms with E-state index in [-0.39, 0.29) is 10.6 Å². The van der Waals surface area contributed by atoms with E-state index >= 15 is 0 Å². The van der Waals surface area contributed by atoms with Crippen LogP contribution >= 0.6 is 0 Å². The normalized spacial score (nSPS) is 18.9. The van der Waals surface area contributed by atoms with Crippen molar-refractivity contribution in [3.8, 4) is 0 Å². The molecule has 0 aromatic heterocycles. The van der Waals surface area contributed by atoms with Gasteiger partial charge in [0.2, 0.25) is 0 Å². The molecule has 1 aliphatic heterocycles. The minimum absolute atomic E-state index is 0.217. The number of hydrogen-bond acceptors (Lipinski definition) is 4. The molecule has 1 atom stereocenters. The van der Waals surface area contributed by atoms with Crippen molar-refractivity contribution in [1.29, 1.82) is 0 Å². The summed E-state index contributed by atoms with van der Waals surface area (Å²) in [7, 11) is 0. The molecule has 0 amide bonds. The molecule has 1 heterocycles. The third-order valence-electron chi connectivity index (χ3n) is 3.97. The summed E-state index contributed by atoms with van der Waals surface area (Å²) >= 11 is 0. The number of nitro groups is 1. The topological polar surface area (TPSA) is 58.4 Å². The lowest BCUT2D eigenvalue weighted by Crippen LogP contribution is -2.39. The summed E-state index contributed by atoms with van der Waals surface area (Å²) in [5.41, 5.74) is 1.60. The average Bonchev–Trinajstić information content (AvgIpc) is 2.47. The van der Waals surface area contributed by atoms with Gasteiger partial charge in [-0.3, -0.25) is 10.1 Å². The van der Waals surface area contributed by atoms with Crippen molar-refractivity contribution in [2.45, 2.75) is 45.6 Å². The predicted molar refractivity (Wildman–Crippen MR) is 82.5 cm³/mol. The zero-order valence-corrected chi connectivity index (χ0v) is 12.3. The molecule has 5 heteroatoms. The molecule has 0 saturated carbocycles. The molecule has 2 rings (SSSR count). The molecule has 0 radical (unpaired) electrons. The van der Waals surface area contributed by atoms with Crippen molar-refractivity contribution >= 4 is 17.1 Å². The zero-order chi connectivity index (χ0) is 14.5. The van der Waals surface area contributed by atoms with Gasteiger partial charge in [0.05, 0.1) is 4.92 Å². The number of hydrogen-bond donors (Lipinski definition) is 1. The number of nitro benzene ring substituents is 1. The highest BCUT2D eigenvalue weighted by molar-refractivity contribution is 5.77. The highest BCUT2D eigenvalue weighted by Gasteiger charge is 2.29. The molecule has 1 aromatic carbocycles. The minimum Gasteiger partial charge on any atom is -0.380 e. The van der Waals surface area contributed by atoms with Crippen LogP contribution in [0.3, 0.4) is 0 Å². The van der Waals surface area contributed by atoms with Crippen LogP contribution in [-0.2, 0) is 0 Å². The molecule has 110 valence electrons. The fraction of sp³-hybridized carbons (Fsp3) is 0.600. The Morgan fingerprint density at radius 2 is 2.20 bits per heavy atom. The Morgan fingerprint density at radius 3 is 2.85 bits per heavy atom. The molecule has 1 unspecified atom stereocenters. The Hall–Kier alpha value is -1.78. The molecule has 0 bridgehead atoms. The van der Waals surface area contributed by atoms with Crippen LogP contribution in [-0.4, -0.2) is 24.1 Å². The van der Waals surface area contributed by atoms with Crippen molar-refractivity contribution < 1.29 is 4.92 Å². The van der Waals surface area contributed by atoms with Gasteiger partial charge in [-0.15, -0.1) is 0 Å². The van der Waals surface area contributed by atoms with Gasteiger partial charge in [0.15, 0.2) is 0 Å². The average molecular weight is 277 g/mol. The monoisotopic (exact) mass is 277 g/mol. The van der Waals surface area contributed by atoms with E-state index < -0.39 is 0 Å². The van der Waals surface area contributed by atoms with Gasteiger partial charge in [0.25, 0.3) is 0 Å². The maximum Gasteiger partial charge on any atom is 0.315 e. The zero-order valence-electron chi connectivity index (χ0n) is 12.3. The summed E-state index contributed by atoms with van der Waals surface area (Å²) in [5.74, 6) is 0. The van der Waals surface area contributed by atoms with Crippen molar-refractivity contribution in [1.82, 2.24) is 0 Å². The fourth-order valence-electron chi connectivity index (χ4n) is 3.03. The van der Waals surface area contributed by atoms with Gasteiger partial charge in [-0.1, -0.05) is 13.0 Å². The maximum atomic E-state index is 11.5. The number of para-hydroxylation sites is 1. The van der Waals surface area contributed by atoms with E-state index in [1.165, 1.54) is 6.42 Å². The first-order valence-electron chi connectivity index (χ1n) is 7.47. The molecule has 1 aliphatic rings. The first-order valence-corrected chi connectivity index (χ1v) is 7.47. The molecule has 0 aliphatic carbocycles. The third-order valence-corrected chi connectivity index (χ3v) is 3.97. The lowest BCUT2D eigenvalue weighted by Gasteiger charge is -2.37. The van der Waals surface area contributed by atoms with Gasteiger partial charge in [0, 0.05) is 19.1 Å². The van der Waals surface area contributed by atoms with Crippen LogP contribution in [0.15, 0.2) is 18.2 Å². The Balaban J connectivity index is 2.43. The number of rotatable bonds is 5.